The fourth-order valence-corrected chi connectivity index (χ4v) is 4.95. The Bertz CT molecular complexity index is 1640. The third kappa shape index (κ3) is 4.05. The first kappa shape index (κ1) is 23.8. The molecule has 186 valence electrons. The van der Waals surface area contributed by atoms with Crippen LogP contribution in [0.3, 0.4) is 0 Å². The van der Waals surface area contributed by atoms with E-state index in [2.05, 4.69) is 32.0 Å². The molecule has 36 heavy (non-hydrogen) atoms. The molecule has 1 N–H and O–H groups in total. The first-order valence-electron chi connectivity index (χ1n) is 12.2. The van der Waals surface area contributed by atoms with Gasteiger partial charge in [-0.3, -0.25) is 18.5 Å². The monoisotopic (exact) mass is 486 g/mol. The Morgan fingerprint density at radius 2 is 1.94 bits per heavy atom. The molecule has 0 aliphatic carbocycles. The number of aromatic nitrogens is 6. The van der Waals surface area contributed by atoms with E-state index in [-0.39, 0.29) is 6.54 Å². The summed E-state index contributed by atoms with van der Waals surface area (Å²) in [6, 6.07) is 8.03. The summed E-state index contributed by atoms with van der Waals surface area (Å²) < 4.78 is 4.47. The van der Waals surface area contributed by atoms with Gasteiger partial charge in [0.1, 0.15) is 5.82 Å². The molecule has 0 unspecified atom stereocenters. The third-order valence-corrected chi connectivity index (χ3v) is 6.88. The van der Waals surface area contributed by atoms with Gasteiger partial charge in [0.25, 0.3) is 5.56 Å². The topological polar surface area (TPSA) is 103 Å². The molecule has 1 fully saturated rings. The summed E-state index contributed by atoms with van der Waals surface area (Å²) in [7, 11) is 3.60. The zero-order chi connectivity index (χ0) is 25.4. The van der Waals surface area contributed by atoms with Gasteiger partial charge in [0.15, 0.2) is 11.2 Å². The zero-order valence-electron chi connectivity index (χ0n) is 21.1. The van der Waals surface area contributed by atoms with Gasteiger partial charge < -0.3 is 10.2 Å². The zero-order valence-corrected chi connectivity index (χ0v) is 21.1. The number of fused-ring (bicyclic) bond motifs is 2. The highest BCUT2D eigenvalue weighted by Gasteiger charge is 2.27. The van der Waals surface area contributed by atoms with Crippen LogP contribution in [0.2, 0.25) is 0 Å². The minimum atomic E-state index is -0.452. The maximum atomic E-state index is 13.8. The number of hydrogen-bond acceptors (Lipinski definition) is 7. The fraction of sp³-hybridized carbons (Fsp3) is 0.423. The summed E-state index contributed by atoms with van der Waals surface area (Å²) in [5.74, 6) is 7.07. The molecule has 10 heteroatoms. The number of para-hydroxylation sites is 1. The molecule has 1 aliphatic rings. The molecule has 0 saturated carbocycles. The summed E-state index contributed by atoms with van der Waals surface area (Å²) in [6.07, 6.45) is 2.09. The predicted octanol–water partition coefficient (Wildman–Crippen LogP) is 1.41. The molecule has 0 bridgehead atoms. The van der Waals surface area contributed by atoms with Crippen LogP contribution in [-0.4, -0.2) is 54.8 Å². The number of aryl methyl sites for hydroxylation is 2. The van der Waals surface area contributed by atoms with Gasteiger partial charge in [0, 0.05) is 37.3 Å². The van der Waals surface area contributed by atoms with Crippen LogP contribution >= 0.6 is 0 Å². The van der Waals surface area contributed by atoms with Gasteiger partial charge in [-0.25, -0.2) is 14.8 Å². The summed E-state index contributed by atoms with van der Waals surface area (Å²) in [5.41, 5.74) is 1.43. The first-order chi connectivity index (χ1) is 17.4. The van der Waals surface area contributed by atoms with Gasteiger partial charge in [-0.1, -0.05) is 24.1 Å². The van der Waals surface area contributed by atoms with Gasteiger partial charge in [0.05, 0.1) is 18.6 Å². The second-order valence-corrected chi connectivity index (χ2v) is 9.15. The Balaban J connectivity index is 1.67. The Hall–Kier alpha value is -3.97. The average Bonchev–Trinajstić information content (AvgIpc) is 3.28. The molecule has 0 radical (unpaired) electrons. The molecule has 1 atom stereocenters. The second kappa shape index (κ2) is 9.59. The van der Waals surface area contributed by atoms with Crippen LogP contribution in [0.25, 0.3) is 22.1 Å². The van der Waals surface area contributed by atoms with E-state index in [0.717, 1.165) is 42.5 Å². The molecule has 3 aromatic heterocycles. The van der Waals surface area contributed by atoms with Crippen molar-refractivity contribution >= 4 is 28.0 Å². The van der Waals surface area contributed by atoms with Crippen molar-refractivity contribution in [3.05, 3.63) is 56.6 Å². The molecule has 1 aromatic carbocycles. The Labute approximate surface area is 208 Å². The lowest BCUT2D eigenvalue weighted by molar-refractivity contribution is 0.443. The Morgan fingerprint density at radius 3 is 2.72 bits per heavy atom. The molecular formula is C26H30N8O2. The number of benzene rings is 1. The third-order valence-electron chi connectivity index (χ3n) is 6.88. The van der Waals surface area contributed by atoms with Crippen molar-refractivity contribution < 1.29 is 0 Å². The highest BCUT2D eigenvalue weighted by Crippen LogP contribution is 2.23. The molecule has 4 heterocycles. The van der Waals surface area contributed by atoms with Crippen molar-refractivity contribution in [1.29, 1.82) is 0 Å². The number of nitrogens with zero attached hydrogens (tertiary/aromatic N) is 7. The van der Waals surface area contributed by atoms with Crippen molar-refractivity contribution in [2.75, 3.05) is 25.0 Å². The van der Waals surface area contributed by atoms with Crippen molar-refractivity contribution in [2.24, 2.45) is 7.05 Å². The Kier molecular flexibility index (Phi) is 6.33. The summed E-state index contributed by atoms with van der Waals surface area (Å²) in [6.45, 7) is 5.55. The SMILES string of the molecule is CC#CCn1c(N2CCC[C@@H](NC)C2)nc2c1c(=O)n(Cc1nc(C)c3ccccc3n1)c(=O)n2C. The molecule has 10 nitrogen and oxygen atoms in total. The van der Waals surface area contributed by atoms with Crippen LogP contribution in [-0.2, 0) is 20.1 Å². The summed E-state index contributed by atoms with van der Waals surface area (Å²) >= 11 is 0. The van der Waals surface area contributed by atoms with E-state index in [0.29, 0.717) is 35.5 Å². The smallest absolute Gasteiger partial charge is 0.332 e. The normalized spacial score (nSPS) is 15.9. The molecular weight excluding hydrogens is 456 g/mol. The van der Waals surface area contributed by atoms with E-state index in [1.54, 1.807) is 14.0 Å². The van der Waals surface area contributed by atoms with E-state index < -0.39 is 11.2 Å². The second-order valence-electron chi connectivity index (χ2n) is 9.15. The van der Waals surface area contributed by atoms with Crippen LogP contribution in [0, 0.1) is 18.8 Å². The quantitative estimate of drug-likeness (QED) is 0.426. The fourth-order valence-electron chi connectivity index (χ4n) is 4.95. The van der Waals surface area contributed by atoms with Crippen molar-refractivity contribution in [3.8, 4) is 11.8 Å². The highest BCUT2D eigenvalue weighted by molar-refractivity contribution is 5.80. The van der Waals surface area contributed by atoms with E-state index in [9.17, 15) is 9.59 Å². The van der Waals surface area contributed by atoms with Crippen molar-refractivity contribution in [2.45, 2.75) is 45.8 Å². The predicted molar refractivity (Wildman–Crippen MR) is 140 cm³/mol. The standard InChI is InChI=1S/C26H30N8O2/c1-5-6-14-33-22-23(30-25(33)32-13-9-10-18(15-32)27-3)31(4)26(36)34(24(22)35)16-21-28-17(2)19-11-7-8-12-20(19)29-21/h7-8,11-12,18,27H,9-10,13-16H2,1-4H3/t18-/m1/s1. The van der Waals surface area contributed by atoms with Gasteiger partial charge in [-0.15, -0.1) is 5.92 Å². The number of likely N-dealkylation sites (N-methyl/N-ethyl adjacent to an activating group) is 1. The largest absolute Gasteiger partial charge is 0.341 e. The summed E-state index contributed by atoms with van der Waals surface area (Å²) in [5, 5.41) is 4.29. The number of imidazole rings is 1. The van der Waals surface area contributed by atoms with E-state index in [4.69, 9.17) is 4.98 Å². The molecule has 1 saturated heterocycles. The van der Waals surface area contributed by atoms with E-state index >= 15 is 0 Å². The molecule has 0 amide bonds. The molecule has 0 spiro atoms. The lowest BCUT2D eigenvalue weighted by Gasteiger charge is -2.33. The van der Waals surface area contributed by atoms with E-state index in [1.165, 1.54) is 9.13 Å². The number of hydrogen-bond donors (Lipinski definition) is 1. The summed E-state index contributed by atoms with van der Waals surface area (Å²) in [4.78, 5) is 43.3. The maximum absolute atomic E-state index is 13.8. The highest BCUT2D eigenvalue weighted by atomic mass is 16.2. The lowest BCUT2D eigenvalue weighted by atomic mass is 10.1. The van der Waals surface area contributed by atoms with Crippen molar-refractivity contribution in [1.82, 2.24) is 34.0 Å². The van der Waals surface area contributed by atoms with Crippen LogP contribution in [0.15, 0.2) is 33.9 Å². The van der Waals surface area contributed by atoms with Crippen molar-refractivity contribution in [3.63, 3.8) is 0 Å². The van der Waals surface area contributed by atoms with Crippen LogP contribution in [0.4, 0.5) is 5.95 Å². The Morgan fingerprint density at radius 1 is 1.14 bits per heavy atom. The van der Waals surface area contributed by atoms with Crippen LogP contribution in [0.5, 0.6) is 0 Å². The maximum Gasteiger partial charge on any atom is 0.332 e. The lowest BCUT2D eigenvalue weighted by Crippen LogP contribution is -2.45. The van der Waals surface area contributed by atoms with Gasteiger partial charge in [-0.2, -0.15) is 4.98 Å². The number of anilines is 1. The molecule has 5 rings (SSSR count). The molecule has 4 aromatic rings. The number of piperidine rings is 1. The van der Waals surface area contributed by atoms with Crippen LogP contribution < -0.4 is 21.5 Å². The average molecular weight is 487 g/mol. The van der Waals surface area contributed by atoms with Gasteiger partial charge >= 0.3 is 5.69 Å². The van der Waals surface area contributed by atoms with Gasteiger partial charge in [0.2, 0.25) is 5.95 Å². The van der Waals surface area contributed by atoms with E-state index in [1.807, 2.05) is 42.8 Å². The minimum absolute atomic E-state index is 0.0291. The number of nitrogens with one attached hydrogen (secondary N) is 1. The van der Waals surface area contributed by atoms with Crippen LogP contribution in [0.1, 0.15) is 31.3 Å². The van der Waals surface area contributed by atoms with Gasteiger partial charge in [-0.05, 0) is 39.8 Å². The molecule has 1 aliphatic heterocycles. The first-order valence-corrected chi connectivity index (χ1v) is 12.2. The number of rotatable bonds is 5. The minimum Gasteiger partial charge on any atom is -0.341 e.